The summed E-state index contributed by atoms with van der Waals surface area (Å²) in [4.78, 5) is 26.9. The van der Waals surface area contributed by atoms with Gasteiger partial charge in [0.05, 0.1) is 12.0 Å². The van der Waals surface area contributed by atoms with Gasteiger partial charge in [0, 0.05) is 19.9 Å². The van der Waals surface area contributed by atoms with E-state index in [0.717, 1.165) is 23.4 Å². The van der Waals surface area contributed by atoms with Crippen molar-refractivity contribution in [3.8, 4) is 0 Å². The first-order valence-corrected chi connectivity index (χ1v) is 10.4. The summed E-state index contributed by atoms with van der Waals surface area (Å²) in [6.07, 6.45) is 1.85. The lowest BCUT2D eigenvalue weighted by atomic mass is 9.93. The van der Waals surface area contributed by atoms with Crippen LogP contribution in [0.25, 0.3) is 0 Å². The van der Waals surface area contributed by atoms with Gasteiger partial charge in [0.15, 0.2) is 0 Å². The molecule has 4 rings (SSSR count). The standard InChI is InChI=1S/C22H22N4O2S/c1-26-19(27)14-17(20(26)16-10-6-3-7-11-16)21(28)23-22-25-24-18(29-22)13-12-15-8-4-2-5-9-15/h2-11,17,20H,12-14H2,1H3,(H,23,25,28)/t17-,20+/m0/s1. The molecule has 0 unspecified atom stereocenters. The van der Waals surface area contributed by atoms with E-state index in [4.69, 9.17) is 0 Å². The molecule has 6 nitrogen and oxygen atoms in total. The fourth-order valence-corrected chi connectivity index (χ4v) is 4.45. The van der Waals surface area contributed by atoms with Gasteiger partial charge in [0.2, 0.25) is 16.9 Å². The molecule has 29 heavy (non-hydrogen) atoms. The topological polar surface area (TPSA) is 75.2 Å². The molecule has 2 atom stereocenters. The van der Waals surface area contributed by atoms with Gasteiger partial charge in [-0.1, -0.05) is 72.0 Å². The number of likely N-dealkylation sites (tertiary alicyclic amines) is 1. The number of anilines is 1. The molecule has 7 heteroatoms. The number of aromatic nitrogens is 2. The molecule has 148 valence electrons. The molecule has 1 N–H and O–H groups in total. The minimum Gasteiger partial charge on any atom is -0.338 e. The zero-order valence-electron chi connectivity index (χ0n) is 16.1. The summed E-state index contributed by atoms with van der Waals surface area (Å²) in [6, 6.07) is 19.6. The van der Waals surface area contributed by atoms with E-state index in [-0.39, 0.29) is 24.3 Å². The summed E-state index contributed by atoms with van der Waals surface area (Å²) in [7, 11) is 1.75. The molecule has 0 aliphatic carbocycles. The number of hydrogen-bond acceptors (Lipinski definition) is 5. The van der Waals surface area contributed by atoms with Gasteiger partial charge in [-0.2, -0.15) is 0 Å². The SMILES string of the molecule is CN1C(=O)C[C@H](C(=O)Nc2nnc(CCc3ccccc3)s2)[C@H]1c1ccccc1. The molecule has 0 spiro atoms. The van der Waals surface area contributed by atoms with Crippen LogP contribution in [0.5, 0.6) is 0 Å². The molecule has 1 fully saturated rings. The average molecular weight is 407 g/mol. The average Bonchev–Trinajstić information content (AvgIpc) is 3.32. The molecule has 2 amide bonds. The molecule has 1 aliphatic heterocycles. The van der Waals surface area contributed by atoms with Crippen molar-refractivity contribution in [3.63, 3.8) is 0 Å². The Morgan fingerprint density at radius 1 is 1.07 bits per heavy atom. The van der Waals surface area contributed by atoms with Gasteiger partial charge in [-0.3, -0.25) is 9.59 Å². The summed E-state index contributed by atoms with van der Waals surface area (Å²) in [6.45, 7) is 0. The first-order valence-electron chi connectivity index (χ1n) is 9.59. The van der Waals surface area contributed by atoms with Crippen LogP contribution in [0, 0.1) is 5.92 Å². The first kappa shape index (κ1) is 19.3. The Kier molecular flexibility index (Phi) is 5.67. The van der Waals surface area contributed by atoms with Crippen molar-refractivity contribution in [1.29, 1.82) is 0 Å². The van der Waals surface area contributed by atoms with Crippen molar-refractivity contribution in [2.24, 2.45) is 5.92 Å². The maximum atomic E-state index is 12.9. The number of nitrogens with one attached hydrogen (secondary N) is 1. The highest BCUT2D eigenvalue weighted by molar-refractivity contribution is 7.15. The minimum absolute atomic E-state index is 0.0279. The normalized spacial score (nSPS) is 18.8. The van der Waals surface area contributed by atoms with Crippen LogP contribution in [-0.2, 0) is 22.4 Å². The number of hydrogen-bond donors (Lipinski definition) is 1. The Hall–Kier alpha value is -3.06. The molecular formula is C22H22N4O2S. The molecule has 0 saturated carbocycles. The van der Waals surface area contributed by atoms with E-state index in [1.54, 1.807) is 11.9 Å². The molecule has 1 aliphatic rings. The Balaban J connectivity index is 1.42. The molecular weight excluding hydrogens is 384 g/mol. The lowest BCUT2D eigenvalue weighted by Gasteiger charge is -2.24. The van der Waals surface area contributed by atoms with E-state index >= 15 is 0 Å². The zero-order valence-corrected chi connectivity index (χ0v) is 16.9. The summed E-state index contributed by atoms with van der Waals surface area (Å²) in [5.74, 6) is -0.673. The second-order valence-electron chi connectivity index (χ2n) is 7.15. The molecule has 2 heterocycles. The Morgan fingerprint density at radius 2 is 1.76 bits per heavy atom. The molecule has 2 aromatic carbocycles. The van der Waals surface area contributed by atoms with E-state index in [2.05, 4.69) is 27.6 Å². The van der Waals surface area contributed by atoms with Crippen LogP contribution >= 0.6 is 11.3 Å². The maximum Gasteiger partial charge on any atom is 0.232 e. The van der Waals surface area contributed by atoms with Crippen molar-refractivity contribution in [3.05, 3.63) is 76.8 Å². The van der Waals surface area contributed by atoms with Crippen molar-refractivity contribution in [2.75, 3.05) is 12.4 Å². The zero-order chi connectivity index (χ0) is 20.2. The van der Waals surface area contributed by atoms with Gasteiger partial charge in [0.1, 0.15) is 5.01 Å². The Morgan fingerprint density at radius 3 is 2.48 bits per heavy atom. The predicted molar refractivity (Wildman–Crippen MR) is 112 cm³/mol. The lowest BCUT2D eigenvalue weighted by Crippen LogP contribution is -2.29. The fourth-order valence-electron chi connectivity index (χ4n) is 3.71. The van der Waals surface area contributed by atoms with Crippen LogP contribution in [0.3, 0.4) is 0 Å². The number of aryl methyl sites for hydroxylation is 2. The number of rotatable bonds is 6. The van der Waals surface area contributed by atoms with Crippen molar-refractivity contribution in [1.82, 2.24) is 15.1 Å². The van der Waals surface area contributed by atoms with Crippen LogP contribution in [0.15, 0.2) is 60.7 Å². The highest BCUT2D eigenvalue weighted by atomic mass is 32.1. The smallest absolute Gasteiger partial charge is 0.232 e. The fraction of sp³-hybridized carbons (Fsp3) is 0.273. The molecule has 0 bridgehead atoms. The predicted octanol–water partition coefficient (Wildman–Crippen LogP) is 3.48. The van der Waals surface area contributed by atoms with Crippen molar-refractivity contribution in [2.45, 2.75) is 25.3 Å². The summed E-state index contributed by atoms with van der Waals surface area (Å²) >= 11 is 1.39. The highest BCUT2D eigenvalue weighted by Crippen LogP contribution is 2.37. The van der Waals surface area contributed by atoms with Gasteiger partial charge in [-0.05, 0) is 17.5 Å². The largest absolute Gasteiger partial charge is 0.338 e. The van der Waals surface area contributed by atoms with Crippen LogP contribution in [0.2, 0.25) is 0 Å². The number of carbonyl (C=O) groups is 2. The molecule has 1 saturated heterocycles. The maximum absolute atomic E-state index is 12.9. The van der Waals surface area contributed by atoms with Crippen LogP contribution < -0.4 is 5.32 Å². The molecule has 1 aromatic heterocycles. The van der Waals surface area contributed by atoms with E-state index in [1.165, 1.54) is 16.9 Å². The summed E-state index contributed by atoms with van der Waals surface area (Å²) in [5, 5.41) is 12.5. The number of amides is 2. The Labute approximate surface area is 173 Å². The quantitative estimate of drug-likeness (QED) is 0.680. The highest BCUT2D eigenvalue weighted by Gasteiger charge is 2.42. The van der Waals surface area contributed by atoms with E-state index < -0.39 is 5.92 Å². The Bertz CT molecular complexity index is 990. The third-order valence-corrected chi connectivity index (χ3v) is 6.13. The van der Waals surface area contributed by atoms with Gasteiger partial charge >= 0.3 is 0 Å². The van der Waals surface area contributed by atoms with E-state index in [9.17, 15) is 9.59 Å². The summed E-state index contributed by atoms with van der Waals surface area (Å²) < 4.78 is 0. The van der Waals surface area contributed by atoms with Crippen LogP contribution in [0.4, 0.5) is 5.13 Å². The minimum atomic E-state index is -0.452. The number of carbonyl (C=O) groups excluding carboxylic acids is 2. The second kappa shape index (κ2) is 8.53. The van der Waals surface area contributed by atoms with Crippen LogP contribution in [-0.4, -0.2) is 34.0 Å². The van der Waals surface area contributed by atoms with E-state index in [1.807, 2.05) is 48.5 Å². The summed E-state index contributed by atoms with van der Waals surface area (Å²) in [5.41, 5.74) is 2.20. The van der Waals surface area contributed by atoms with Gasteiger partial charge < -0.3 is 10.2 Å². The third kappa shape index (κ3) is 4.35. The van der Waals surface area contributed by atoms with Crippen molar-refractivity contribution >= 4 is 28.3 Å². The second-order valence-corrected chi connectivity index (χ2v) is 8.21. The van der Waals surface area contributed by atoms with Crippen LogP contribution in [0.1, 0.15) is 28.6 Å². The van der Waals surface area contributed by atoms with Gasteiger partial charge in [-0.25, -0.2) is 0 Å². The monoisotopic (exact) mass is 406 g/mol. The first-order chi connectivity index (χ1) is 14.1. The van der Waals surface area contributed by atoms with Gasteiger partial charge in [0.25, 0.3) is 0 Å². The third-order valence-electron chi connectivity index (χ3n) is 5.23. The van der Waals surface area contributed by atoms with E-state index in [0.29, 0.717) is 5.13 Å². The molecule has 0 radical (unpaired) electrons. The van der Waals surface area contributed by atoms with Gasteiger partial charge in [-0.15, -0.1) is 10.2 Å². The number of benzene rings is 2. The lowest BCUT2D eigenvalue weighted by molar-refractivity contribution is -0.127. The van der Waals surface area contributed by atoms with Crippen molar-refractivity contribution < 1.29 is 9.59 Å². The number of nitrogens with zero attached hydrogens (tertiary/aromatic N) is 3. The molecule has 3 aromatic rings.